The molecular formula is C25H29N3O4S2. The first-order valence-electron chi connectivity index (χ1n) is 11.8. The van der Waals surface area contributed by atoms with E-state index in [0.717, 1.165) is 35.9 Å². The van der Waals surface area contributed by atoms with Crippen molar-refractivity contribution in [2.45, 2.75) is 43.6 Å². The zero-order valence-corrected chi connectivity index (χ0v) is 20.9. The number of piperidine rings is 2. The van der Waals surface area contributed by atoms with Gasteiger partial charge in [0.2, 0.25) is 10.0 Å². The molecule has 1 aromatic heterocycles. The molecule has 9 heteroatoms. The van der Waals surface area contributed by atoms with Crippen LogP contribution in [-0.4, -0.2) is 60.8 Å². The fourth-order valence-electron chi connectivity index (χ4n) is 4.69. The number of nitrogens with zero attached hydrogens (tertiary/aromatic N) is 3. The van der Waals surface area contributed by atoms with Gasteiger partial charge in [0.05, 0.1) is 15.1 Å². The molecule has 0 aliphatic carbocycles. The Morgan fingerprint density at radius 2 is 1.76 bits per heavy atom. The standard InChI is InChI=1S/C25H29N3O4S2/c1-18-5-4-14-28(17-18)34(30,31)21-10-8-19(9-11-21)24(29)27-15-12-20(13-16-27)32-25-26-22-6-2-3-7-23(22)33-25/h2-3,6-11,18,20H,4-5,12-17H2,1H3. The number of aromatic nitrogens is 1. The molecule has 7 nitrogen and oxygen atoms in total. The molecule has 1 unspecified atom stereocenters. The lowest BCUT2D eigenvalue weighted by molar-refractivity contribution is 0.0595. The molecule has 3 heterocycles. The van der Waals surface area contributed by atoms with Crippen molar-refractivity contribution >= 4 is 37.5 Å². The fourth-order valence-corrected chi connectivity index (χ4v) is 7.17. The van der Waals surface area contributed by atoms with Crippen molar-refractivity contribution in [2.75, 3.05) is 26.2 Å². The third-order valence-corrected chi connectivity index (χ3v) is 9.44. The van der Waals surface area contributed by atoms with Crippen molar-refractivity contribution in [3.8, 4) is 5.19 Å². The molecule has 5 rings (SSSR count). The zero-order valence-electron chi connectivity index (χ0n) is 19.2. The largest absolute Gasteiger partial charge is 0.467 e. The van der Waals surface area contributed by atoms with E-state index < -0.39 is 10.0 Å². The summed E-state index contributed by atoms with van der Waals surface area (Å²) in [6, 6.07) is 14.3. The van der Waals surface area contributed by atoms with Crippen LogP contribution in [0, 0.1) is 5.92 Å². The number of benzene rings is 2. The highest BCUT2D eigenvalue weighted by atomic mass is 32.2. The molecule has 2 aliphatic heterocycles. The number of amides is 1. The minimum atomic E-state index is -3.52. The topological polar surface area (TPSA) is 79.8 Å². The number of fused-ring (bicyclic) bond motifs is 1. The maximum atomic E-state index is 13.0. The smallest absolute Gasteiger partial charge is 0.274 e. The van der Waals surface area contributed by atoms with Gasteiger partial charge in [-0.25, -0.2) is 13.4 Å². The van der Waals surface area contributed by atoms with Gasteiger partial charge in [0.15, 0.2) is 0 Å². The lowest BCUT2D eigenvalue weighted by Gasteiger charge is -2.32. The summed E-state index contributed by atoms with van der Waals surface area (Å²) >= 11 is 1.54. The van der Waals surface area contributed by atoms with Crippen molar-refractivity contribution in [3.05, 3.63) is 54.1 Å². The molecule has 0 radical (unpaired) electrons. The lowest BCUT2D eigenvalue weighted by atomic mass is 10.0. The van der Waals surface area contributed by atoms with Gasteiger partial charge < -0.3 is 9.64 Å². The van der Waals surface area contributed by atoms with Gasteiger partial charge in [-0.05, 0) is 55.2 Å². The monoisotopic (exact) mass is 499 g/mol. The van der Waals surface area contributed by atoms with Gasteiger partial charge in [0.1, 0.15) is 6.10 Å². The van der Waals surface area contributed by atoms with Crippen molar-refractivity contribution in [2.24, 2.45) is 5.92 Å². The van der Waals surface area contributed by atoms with Crippen molar-refractivity contribution in [1.29, 1.82) is 0 Å². The van der Waals surface area contributed by atoms with Crippen LogP contribution < -0.4 is 4.74 Å². The number of para-hydroxylation sites is 1. The van der Waals surface area contributed by atoms with Gasteiger partial charge in [-0.15, -0.1) is 0 Å². The van der Waals surface area contributed by atoms with Crippen LogP contribution in [0.5, 0.6) is 5.19 Å². The number of rotatable bonds is 5. The number of likely N-dealkylation sites (tertiary alicyclic amines) is 1. The van der Waals surface area contributed by atoms with E-state index in [4.69, 9.17) is 4.74 Å². The van der Waals surface area contributed by atoms with Crippen molar-refractivity contribution in [3.63, 3.8) is 0 Å². The highest BCUT2D eigenvalue weighted by Crippen LogP contribution is 2.30. The third kappa shape index (κ3) is 4.82. The van der Waals surface area contributed by atoms with Crippen LogP contribution in [0.4, 0.5) is 0 Å². The lowest BCUT2D eigenvalue weighted by Crippen LogP contribution is -2.41. The predicted molar refractivity (Wildman–Crippen MR) is 133 cm³/mol. The molecule has 180 valence electrons. The second-order valence-electron chi connectivity index (χ2n) is 9.19. The van der Waals surface area contributed by atoms with E-state index in [1.54, 1.807) is 39.9 Å². The van der Waals surface area contributed by atoms with E-state index in [1.807, 2.05) is 29.2 Å². The van der Waals surface area contributed by atoms with Gasteiger partial charge in [-0.1, -0.05) is 30.4 Å². The Morgan fingerprint density at radius 3 is 2.47 bits per heavy atom. The Kier molecular flexibility index (Phi) is 6.59. The Labute approximate surface area is 204 Å². The predicted octanol–water partition coefficient (Wildman–Crippen LogP) is 4.40. The van der Waals surface area contributed by atoms with Crippen LogP contribution in [0.2, 0.25) is 0 Å². The maximum absolute atomic E-state index is 13.0. The summed E-state index contributed by atoms with van der Waals surface area (Å²) in [6.07, 6.45) is 3.45. The molecule has 3 aromatic rings. The molecule has 2 saturated heterocycles. The summed E-state index contributed by atoms with van der Waals surface area (Å²) in [5, 5.41) is 0.672. The molecule has 2 aromatic carbocycles. The number of hydrogen-bond acceptors (Lipinski definition) is 6. The molecule has 1 amide bonds. The zero-order chi connectivity index (χ0) is 23.7. The number of carbonyl (C=O) groups is 1. The van der Waals surface area contributed by atoms with Gasteiger partial charge in [0.25, 0.3) is 11.1 Å². The van der Waals surface area contributed by atoms with Crippen molar-refractivity contribution < 1.29 is 17.9 Å². The minimum Gasteiger partial charge on any atom is -0.467 e. The highest BCUT2D eigenvalue weighted by molar-refractivity contribution is 7.89. The van der Waals surface area contributed by atoms with E-state index in [9.17, 15) is 13.2 Å². The van der Waals surface area contributed by atoms with Gasteiger partial charge >= 0.3 is 0 Å². The maximum Gasteiger partial charge on any atom is 0.274 e. The molecule has 0 saturated carbocycles. The molecule has 1 atom stereocenters. The average molecular weight is 500 g/mol. The number of ether oxygens (including phenoxy) is 1. The number of carbonyl (C=O) groups excluding carboxylic acids is 1. The molecule has 0 N–H and O–H groups in total. The summed E-state index contributed by atoms with van der Waals surface area (Å²) in [5.41, 5.74) is 1.45. The molecule has 2 fully saturated rings. The summed E-state index contributed by atoms with van der Waals surface area (Å²) < 4.78 is 34.7. The van der Waals surface area contributed by atoms with E-state index in [0.29, 0.717) is 42.9 Å². The number of thiazole rings is 1. The van der Waals surface area contributed by atoms with Crippen LogP contribution in [-0.2, 0) is 10.0 Å². The van der Waals surface area contributed by atoms with Crippen LogP contribution >= 0.6 is 11.3 Å². The Morgan fingerprint density at radius 1 is 1.03 bits per heavy atom. The van der Waals surface area contributed by atoms with Gasteiger partial charge in [0, 0.05) is 44.6 Å². The van der Waals surface area contributed by atoms with Crippen LogP contribution in [0.1, 0.15) is 43.0 Å². The average Bonchev–Trinajstić information content (AvgIpc) is 3.26. The second-order valence-corrected chi connectivity index (χ2v) is 12.1. The van der Waals surface area contributed by atoms with Crippen LogP contribution in [0.3, 0.4) is 0 Å². The Bertz CT molecular complexity index is 1230. The van der Waals surface area contributed by atoms with Gasteiger partial charge in [-0.3, -0.25) is 4.79 Å². The van der Waals surface area contributed by atoms with E-state index >= 15 is 0 Å². The molecular weight excluding hydrogens is 470 g/mol. The van der Waals surface area contributed by atoms with Crippen LogP contribution in [0.25, 0.3) is 10.2 Å². The number of hydrogen-bond donors (Lipinski definition) is 0. The fraction of sp³-hybridized carbons (Fsp3) is 0.440. The van der Waals surface area contributed by atoms with Crippen LogP contribution in [0.15, 0.2) is 53.4 Å². The third-order valence-electron chi connectivity index (χ3n) is 6.63. The first-order chi connectivity index (χ1) is 16.4. The summed E-state index contributed by atoms with van der Waals surface area (Å²) in [6.45, 7) is 4.38. The highest BCUT2D eigenvalue weighted by Gasteiger charge is 2.29. The minimum absolute atomic E-state index is 0.0315. The number of sulfonamides is 1. The Hall–Kier alpha value is -2.49. The first kappa shape index (κ1) is 23.3. The van der Waals surface area contributed by atoms with E-state index in [1.165, 1.54) is 0 Å². The SMILES string of the molecule is CC1CCCN(S(=O)(=O)c2ccc(C(=O)N3CCC(Oc4nc5ccccc5s4)CC3)cc2)C1. The van der Waals surface area contributed by atoms with E-state index in [2.05, 4.69) is 11.9 Å². The van der Waals surface area contributed by atoms with Crippen molar-refractivity contribution in [1.82, 2.24) is 14.2 Å². The molecule has 0 bridgehead atoms. The second kappa shape index (κ2) is 9.64. The summed E-state index contributed by atoms with van der Waals surface area (Å²) in [4.78, 5) is 19.6. The molecule has 0 spiro atoms. The van der Waals surface area contributed by atoms with E-state index in [-0.39, 0.29) is 16.9 Å². The first-order valence-corrected chi connectivity index (χ1v) is 14.1. The Balaban J connectivity index is 1.18. The molecule has 34 heavy (non-hydrogen) atoms. The summed E-state index contributed by atoms with van der Waals surface area (Å²) in [5.74, 6) is 0.292. The van der Waals surface area contributed by atoms with Gasteiger partial charge in [-0.2, -0.15) is 4.31 Å². The quantitative estimate of drug-likeness (QED) is 0.520. The molecule has 2 aliphatic rings. The summed E-state index contributed by atoms with van der Waals surface area (Å²) in [7, 11) is -3.52. The normalized spacial score (nSPS) is 20.5.